The highest BCUT2D eigenvalue weighted by Crippen LogP contribution is 2.23. The van der Waals surface area contributed by atoms with Crippen molar-refractivity contribution in [2.45, 2.75) is 0 Å². The number of rotatable bonds is 1. The zero-order valence-electron chi connectivity index (χ0n) is 7.55. The SMILES string of the molecule is Nc1nnc(-c2ccc(O)cc2F)n1N. The van der Waals surface area contributed by atoms with Crippen LogP contribution in [0.25, 0.3) is 11.4 Å². The molecular weight excluding hydrogens is 201 g/mol. The van der Waals surface area contributed by atoms with Crippen LogP contribution in [0.4, 0.5) is 10.3 Å². The summed E-state index contributed by atoms with van der Waals surface area (Å²) in [7, 11) is 0. The first-order valence-corrected chi connectivity index (χ1v) is 4.04. The molecule has 0 unspecified atom stereocenters. The summed E-state index contributed by atoms with van der Waals surface area (Å²) < 4.78 is 14.4. The topological polar surface area (TPSA) is 103 Å². The molecule has 0 aliphatic heterocycles. The number of hydrogen-bond acceptors (Lipinski definition) is 5. The van der Waals surface area contributed by atoms with Gasteiger partial charge in [0, 0.05) is 6.07 Å². The summed E-state index contributed by atoms with van der Waals surface area (Å²) in [4.78, 5) is 0. The fourth-order valence-corrected chi connectivity index (χ4v) is 1.17. The number of nitrogens with two attached hydrogens (primary N) is 2. The van der Waals surface area contributed by atoms with Gasteiger partial charge in [0.15, 0.2) is 5.82 Å². The molecule has 2 aromatic rings. The standard InChI is InChI=1S/C8H8FN5O/c9-6-3-4(15)1-2-5(6)7-12-13-8(10)14(7)11/h1-3,15H,11H2,(H2,10,13). The molecule has 5 N–H and O–H groups in total. The minimum Gasteiger partial charge on any atom is -0.508 e. The van der Waals surface area contributed by atoms with Crippen LogP contribution in [0.3, 0.4) is 0 Å². The van der Waals surface area contributed by atoms with Gasteiger partial charge in [0.1, 0.15) is 11.6 Å². The van der Waals surface area contributed by atoms with Gasteiger partial charge < -0.3 is 16.7 Å². The van der Waals surface area contributed by atoms with Gasteiger partial charge in [-0.1, -0.05) is 0 Å². The van der Waals surface area contributed by atoms with Crippen LogP contribution in [0.15, 0.2) is 18.2 Å². The molecule has 15 heavy (non-hydrogen) atoms. The van der Waals surface area contributed by atoms with Crippen LogP contribution in [-0.2, 0) is 0 Å². The molecule has 0 aliphatic carbocycles. The first kappa shape index (κ1) is 9.25. The van der Waals surface area contributed by atoms with Crippen LogP contribution in [0, 0.1) is 5.82 Å². The molecule has 0 aliphatic rings. The first-order chi connectivity index (χ1) is 7.09. The zero-order valence-corrected chi connectivity index (χ0v) is 7.55. The number of phenolic OH excluding ortho intramolecular Hbond substituents is 1. The Morgan fingerprint density at radius 3 is 2.60 bits per heavy atom. The third-order valence-electron chi connectivity index (χ3n) is 1.92. The Kier molecular flexibility index (Phi) is 1.93. The van der Waals surface area contributed by atoms with Crippen molar-refractivity contribution in [2.75, 3.05) is 11.6 Å². The van der Waals surface area contributed by atoms with Gasteiger partial charge in [-0.25, -0.2) is 9.07 Å². The molecule has 1 heterocycles. The van der Waals surface area contributed by atoms with Gasteiger partial charge in [-0.15, -0.1) is 10.2 Å². The second-order valence-electron chi connectivity index (χ2n) is 2.92. The van der Waals surface area contributed by atoms with Crippen LogP contribution < -0.4 is 11.6 Å². The summed E-state index contributed by atoms with van der Waals surface area (Å²) in [6.45, 7) is 0. The second kappa shape index (κ2) is 3.12. The van der Waals surface area contributed by atoms with E-state index in [-0.39, 0.29) is 23.1 Å². The van der Waals surface area contributed by atoms with Crippen molar-refractivity contribution >= 4 is 5.95 Å². The smallest absolute Gasteiger partial charge is 0.241 e. The molecule has 0 saturated carbocycles. The van der Waals surface area contributed by atoms with Crippen molar-refractivity contribution in [3.63, 3.8) is 0 Å². The van der Waals surface area contributed by atoms with E-state index in [0.717, 1.165) is 10.7 Å². The highest BCUT2D eigenvalue weighted by Gasteiger charge is 2.13. The molecule has 0 bridgehead atoms. The van der Waals surface area contributed by atoms with Gasteiger partial charge in [-0.3, -0.25) is 0 Å². The fraction of sp³-hybridized carbons (Fsp3) is 0. The molecule has 0 atom stereocenters. The van der Waals surface area contributed by atoms with E-state index in [0.29, 0.717) is 0 Å². The molecule has 0 spiro atoms. The number of nitrogens with zero attached hydrogens (tertiary/aromatic N) is 3. The lowest BCUT2D eigenvalue weighted by Crippen LogP contribution is -2.13. The largest absolute Gasteiger partial charge is 0.508 e. The number of aromatic hydroxyl groups is 1. The summed E-state index contributed by atoms with van der Waals surface area (Å²) in [5, 5.41) is 16.1. The normalized spacial score (nSPS) is 10.5. The number of halogens is 1. The van der Waals surface area contributed by atoms with Crippen molar-refractivity contribution in [2.24, 2.45) is 0 Å². The summed E-state index contributed by atoms with van der Waals surface area (Å²) in [5.41, 5.74) is 5.48. The Morgan fingerprint density at radius 2 is 2.07 bits per heavy atom. The number of aromatic nitrogens is 3. The summed E-state index contributed by atoms with van der Waals surface area (Å²) in [5.74, 6) is 4.75. The van der Waals surface area contributed by atoms with Crippen molar-refractivity contribution in [1.29, 1.82) is 0 Å². The molecule has 2 rings (SSSR count). The number of phenols is 1. The Labute approximate surface area is 83.9 Å². The van der Waals surface area contributed by atoms with E-state index in [1.54, 1.807) is 0 Å². The highest BCUT2D eigenvalue weighted by atomic mass is 19.1. The van der Waals surface area contributed by atoms with E-state index in [1.165, 1.54) is 12.1 Å². The predicted molar refractivity (Wildman–Crippen MR) is 51.6 cm³/mol. The quantitative estimate of drug-likeness (QED) is 0.577. The average molecular weight is 209 g/mol. The van der Waals surface area contributed by atoms with Crippen molar-refractivity contribution < 1.29 is 9.50 Å². The number of nitrogen functional groups attached to an aromatic ring is 2. The summed E-state index contributed by atoms with van der Waals surface area (Å²) in [6, 6.07) is 3.63. The lowest BCUT2D eigenvalue weighted by Gasteiger charge is -2.02. The fourth-order valence-electron chi connectivity index (χ4n) is 1.17. The summed E-state index contributed by atoms with van der Waals surface area (Å²) in [6.07, 6.45) is 0. The van der Waals surface area contributed by atoms with Gasteiger partial charge in [0.05, 0.1) is 5.56 Å². The molecule has 78 valence electrons. The predicted octanol–water partition coefficient (Wildman–Crippen LogP) is 0.0858. The first-order valence-electron chi connectivity index (χ1n) is 4.04. The Balaban J connectivity index is 2.59. The van der Waals surface area contributed by atoms with E-state index < -0.39 is 5.82 Å². The maximum absolute atomic E-state index is 13.4. The number of anilines is 1. The molecule has 0 fully saturated rings. The molecule has 0 radical (unpaired) electrons. The van der Waals surface area contributed by atoms with E-state index >= 15 is 0 Å². The minimum atomic E-state index is -0.644. The lowest BCUT2D eigenvalue weighted by molar-refractivity contribution is 0.469. The van der Waals surface area contributed by atoms with E-state index in [2.05, 4.69) is 10.2 Å². The third kappa shape index (κ3) is 1.43. The van der Waals surface area contributed by atoms with E-state index in [9.17, 15) is 4.39 Å². The maximum atomic E-state index is 13.4. The van der Waals surface area contributed by atoms with Gasteiger partial charge in [0.25, 0.3) is 0 Å². The zero-order chi connectivity index (χ0) is 11.0. The van der Waals surface area contributed by atoms with Crippen LogP contribution in [0.2, 0.25) is 0 Å². The lowest BCUT2D eigenvalue weighted by atomic mass is 10.2. The van der Waals surface area contributed by atoms with Crippen LogP contribution in [-0.4, -0.2) is 20.0 Å². The second-order valence-corrected chi connectivity index (χ2v) is 2.92. The third-order valence-corrected chi connectivity index (χ3v) is 1.92. The number of hydrogen-bond donors (Lipinski definition) is 3. The van der Waals surface area contributed by atoms with Gasteiger partial charge in [-0.05, 0) is 12.1 Å². The Bertz CT molecular complexity index is 510. The van der Waals surface area contributed by atoms with Crippen molar-refractivity contribution in [3.05, 3.63) is 24.0 Å². The highest BCUT2D eigenvalue weighted by molar-refractivity contribution is 5.59. The molecule has 6 nitrogen and oxygen atoms in total. The molecule has 1 aromatic heterocycles. The van der Waals surface area contributed by atoms with Gasteiger partial charge in [-0.2, -0.15) is 0 Å². The van der Waals surface area contributed by atoms with Crippen LogP contribution in [0.5, 0.6) is 5.75 Å². The molecular formula is C8H8FN5O. The number of benzene rings is 1. The monoisotopic (exact) mass is 209 g/mol. The molecule has 7 heteroatoms. The van der Waals surface area contributed by atoms with Crippen LogP contribution in [0.1, 0.15) is 0 Å². The molecule has 1 aromatic carbocycles. The molecule has 0 saturated heterocycles. The van der Waals surface area contributed by atoms with E-state index in [1.807, 2.05) is 0 Å². The van der Waals surface area contributed by atoms with Crippen LogP contribution >= 0.6 is 0 Å². The minimum absolute atomic E-state index is 0.0162. The Hall–Kier alpha value is -2.31. The van der Waals surface area contributed by atoms with Crippen molar-refractivity contribution in [3.8, 4) is 17.1 Å². The van der Waals surface area contributed by atoms with Gasteiger partial charge >= 0.3 is 0 Å². The molecule has 0 amide bonds. The average Bonchev–Trinajstić information content (AvgIpc) is 2.49. The van der Waals surface area contributed by atoms with Gasteiger partial charge in [0.2, 0.25) is 5.95 Å². The van der Waals surface area contributed by atoms with Crippen molar-refractivity contribution in [1.82, 2.24) is 14.9 Å². The Morgan fingerprint density at radius 1 is 1.33 bits per heavy atom. The maximum Gasteiger partial charge on any atom is 0.241 e. The summed E-state index contributed by atoms with van der Waals surface area (Å²) >= 11 is 0. The van der Waals surface area contributed by atoms with E-state index in [4.69, 9.17) is 16.7 Å².